The van der Waals surface area contributed by atoms with E-state index in [0.717, 1.165) is 42.3 Å². The minimum absolute atomic E-state index is 0.177. The van der Waals surface area contributed by atoms with Crippen LogP contribution in [0.5, 0.6) is 0 Å². The first-order chi connectivity index (χ1) is 12.1. The second kappa shape index (κ2) is 6.16. The number of halogens is 1. The number of H-pyrrole nitrogens is 1. The largest absolute Gasteiger partial charge is 0.368 e. The number of rotatable bonds is 3. The molecule has 3 aromatic rings. The number of aromatic amines is 1. The molecule has 1 aromatic heterocycles. The van der Waals surface area contributed by atoms with Gasteiger partial charge >= 0.3 is 0 Å². The van der Waals surface area contributed by atoms with E-state index in [1.165, 1.54) is 12.1 Å². The minimum Gasteiger partial charge on any atom is -0.368 e. The highest BCUT2D eigenvalue weighted by molar-refractivity contribution is 5.74. The number of hydrogen-bond donors (Lipinski definition) is 1. The zero-order valence-electron chi connectivity index (χ0n) is 13.5. The molecule has 2 heterocycles. The van der Waals surface area contributed by atoms with Gasteiger partial charge in [-0.2, -0.15) is 0 Å². The first-order valence-corrected chi connectivity index (χ1v) is 8.25. The summed E-state index contributed by atoms with van der Waals surface area (Å²) in [6, 6.07) is 11.7. The van der Waals surface area contributed by atoms with E-state index in [-0.39, 0.29) is 11.6 Å². The zero-order chi connectivity index (χ0) is 17.4. The van der Waals surface area contributed by atoms with Gasteiger partial charge in [0.1, 0.15) is 5.82 Å². The van der Waals surface area contributed by atoms with E-state index in [1.807, 2.05) is 29.2 Å². The molecule has 2 aromatic carbocycles. The summed E-state index contributed by atoms with van der Waals surface area (Å²) >= 11 is 0. The third-order valence-electron chi connectivity index (χ3n) is 4.70. The van der Waals surface area contributed by atoms with Gasteiger partial charge in [-0.15, -0.1) is 0 Å². The van der Waals surface area contributed by atoms with Crippen LogP contribution < -0.4 is 4.90 Å². The summed E-state index contributed by atoms with van der Waals surface area (Å²) in [5.41, 5.74) is 2.10. The zero-order valence-corrected chi connectivity index (χ0v) is 13.5. The van der Waals surface area contributed by atoms with E-state index in [9.17, 15) is 14.5 Å². The third-order valence-corrected chi connectivity index (χ3v) is 4.70. The highest BCUT2D eigenvalue weighted by Crippen LogP contribution is 2.32. The fourth-order valence-corrected chi connectivity index (χ4v) is 3.45. The van der Waals surface area contributed by atoms with Gasteiger partial charge in [-0.05, 0) is 31.0 Å². The van der Waals surface area contributed by atoms with E-state index >= 15 is 0 Å². The Hall–Kier alpha value is -2.96. The van der Waals surface area contributed by atoms with E-state index in [2.05, 4.69) is 9.97 Å². The molecular weight excluding hydrogens is 323 g/mol. The number of nitro groups is 1. The molecule has 25 heavy (non-hydrogen) atoms. The normalized spacial score (nSPS) is 17.8. The molecule has 0 saturated carbocycles. The van der Waals surface area contributed by atoms with Crippen molar-refractivity contribution in [3.8, 4) is 0 Å². The SMILES string of the molecule is O=[N+]([O-])c1ccc(N2CCC[C@@H](c3nc4ccccc4[nH]3)C2)c(F)c1. The van der Waals surface area contributed by atoms with Crippen LogP contribution in [0.15, 0.2) is 42.5 Å². The first kappa shape index (κ1) is 15.6. The average Bonchev–Trinajstić information content (AvgIpc) is 3.06. The van der Waals surface area contributed by atoms with Crippen LogP contribution in [-0.2, 0) is 0 Å². The summed E-state index contributed by atoms with van der Waals surface area (Å²) < 4.78 is 14.3. The maximum atomic E-state index is 14.3. The number of non-ortho nitro benzene ring substituents is 1. The van der Waals surface area contributed by atoms with Crippen molar-refractivity contribution in [2.45, 2.75) is 18.8 Å². The molecule has 0 unspecified atom stereocenters. The van der Waals surface area contributed by atoms with E-state index < -0.39 is 10.7 Å². The standard InChI is InChI=1S/C18H17FN4O2/c19-14-10-13(23(24)25)7-8-17(14)22-9-3-4-12(11-22)18-20-15-5-1-2-6-16(15)21-18/h1-2,5-8,10,12H,3-4,9,11H2,(H,20,21)/t12-/m1/s1. The molecule has 6 nitrogen and oxygen atoms in total. The van der Waals surface area contributed by atoms with Crippen molar-refractivity contribution in [3.05, 3.63) is 64.2 Å². The molecule has 7 heteroatoms. The summed E-state index contributed by atoms with van der Waals surface area (Å²) in [5, 5.41) is 10.8. The highest BCUT2D eigenvalue weighted by Gasteiger charge is 2.26. The number of imidazole rings is 1. The predicted molar refractivity (Wildman–Crippen MR) is 93.3 cm³/mol. The van der Waals surface area contributed by atoms with Gasteiger partial charge in [0.2, 0.25) is 0 Å². The molecule has 0 radical (unpaired) electrons. The number of benzene rings is 2. The van der Waals surface area contributed by atoms with Gasteiger partial charge in [0, 0.05) is 25.1 Å². The molecule has 128 valence electrons. The average molecular weight is 340 g/mol. The number of para-hydroxylation sites is 2. The van der Waals surface area contributed by atoms with Gasteiger partial charge in [0.05, 0.1) is 27.7 Å². The summed E-state index contributed by atoms with van der Waals surface area (Å²) in [4.78, 5) is 20.2. The first-order valence-electron chi connectivity index (χ1n) is 8.25. The second-order valence-electron chi connectivity index (χ2n) is 6.32. The summed E-state index contributed by atoms with van der Waals surface area (Å²) in [7, 11) is 0. The van der Waals surface area contributed by atoms with Crippen molar-refractivity contribution in [1.29, 1.82) is 0 Å². The van der Waals surface area contributed by atoms with Gasteiger partial charge in [-0.3, -0.25) is 10.1 Å². The van der Waals surface area contributed by atoms with E-state index in [1.54, 1.807) is 0 Å². The van der Waals surface area contributed by atoms with Crippen molar-refractivity contribution in [1.82, 2.24) is 9.97 Å². The third kappa shape index (κ3) is 2.93. The maximum absolute atomic E-state index is 14.3. The summed E-state index contributed by atoms with van der Waals surface area (Å²) in [5.74, 6) is 0.531. The van der Waals surface area contributed by atoms with Crippen LogP contribution in [0, 0.1) is 15.9 Å². The van der Waals surface area contributed by atoms with E-state index in [4.69, 9.17) is 0 Å². The molecule has 1 fully saturated rings. The Morgan fingerprint density at radius 3 is 2.88 bits per heavy atom. The molecule has 1 saturated heterocycles. The lowest BCUT2D eigenvalue weighted by Crippen LogP contribution is -2.35. The molecule has 0 amide bonds. The minimum atomic E-state index is -0.583. The fourth-order valence-electron chi connectivity index (χ4n) is 3.45. The monoisotopic (exact) mass is 340 g/mol. The number of nitro benzene ring substituents is 1. The highest BCUT2D eigenvalue weighted by atomic mass is 19.1. The molecule has 0 spiro atoms. The van der Waals surface area contributed by atoms with Crippen molar-refractivity contribution in [2.24, 2.45) is 0 Å². The molecule has 1 aliphatic rings. The molecule has 4 rings (SSSR count). The number of nitrogens with zero attached hydrogens (tertiary/aromatic N) is 3. The van der Waals surface area contributed by atoms with Gasteiger partial charge in [0.25, 0.3) is 5.69 Å². The van der Waals surface area contributed by atoms with Crippen molar-refractivity contribution in [2.75, 3.05) is 18.0 Å². The van der Waals surface area contributed by atoms with Crippen molar-refractivity contribution in [3.63, 3.8) is 0 Å². The Bertz CT molecular complexity index is 907. The van der Waals surface area contributed by atoms with Gasteiger partial charge in [-0.25, -0.2) is 9.37 Å². The maximum Gasteiger partial charge on any atom is 0.272 e. The van der Waals surface area contributed by atoms with Crippen LogP contribution >= 0.6 is 0 Å². The summed E-state index contributed by atoms with van der Waals surface area (Å²) in [6.07, 6.45) is 1.89. The van der Waals surface area contributed by atoms with Crippen molar-refractivity contribution < 1.29 is 9.31 Å². The number of piperidine rings is 1. The lowest BCUT2D eigenvalue weighted by atomic mass is 9.97. The van der Waals surface area contributed by atoms with Crippen LogP contribution in [0.25, 0.3) is 11.0 Å². The number of anilines is 1. The number of nitrogens with one attached hydrogen (secondary N) is 1. The molecule has 1 aliphatic heterocycles. The number of hydrogen-bond acceptors (Lipinski definition) is 4. The van der Waals surface area contributed by atoms with Gasteiger partial charge in [0.15, 0.2) is 5.82 Å². The molecule has 0 bridgehead atoms. The second-order valence-corrected chi connectivity index (χ2v) is 6.32. The Balaban J connectivity index is 1.59. The van der Waals surface area contributed by atoms with Gasteiger partial charge < -0.3 is 9.88 Å². The van der Waals surface area contributed by atoms with Gasteiger partial charge in [-0.1, -0.05) is 12.1 Å². The number of fused-ring (bicyclic) bond motifs is 1. The predicted octanol–water partition coefficient (Wildman–Crippen LogP) is 3.99. The van der Waals surface area contributed by atoms with Crippen LogP contribution in [0.3, 0.4) is 0 Å². The Kier molecular flexibility index (Phi) is 3.83. The van der Waals surface area contributed by atoms with Crippen LogP contribution in [0.4, 0.5) is 15.8 Å². The molecular formula is C18H17FN4O2. The van der Waals surface area contributed by atoms with Crippen LogP contribution in [0.1, 0.15) is 24.6 Å². The molecule has 0 aliphatic carbocycles. The Labute approximate surface area is 143 Å². The topological polar surface area (TPSA) is 75.1 Å². The van der Waals surface area contributed by atoms with E-state index in [0.29, 0.717) is 12.2 Å². The van der Waals surface area contributed by atoms with Crippen LogP contribution in [0.2, 0.25) is 0 Å². The number of aromatic nitrogens is 2. The molecule has 1 atom stereocenters. The fraction of sp³-hybridized carbons (Fsp3) is 0.278. The van der Waals surface area contributed by atoms with Crippen molar-refractivity contribution >= 4 is 22.4 Å². The Morgan fingerprint density at radius 2 is 2.12 bits per heavy atom. The summed E-state index contributed by atoms with van der Waals surface area (Å²) in [6.45, 7) is 1.36. The smallest absolute Gasteiger partial charge is 0.272 e. The van der Waals surface area contributed by atoms with Crippen LogP contribution in [-0.4, -0.2) is 28.0 Å². The Morgan fingerprint density at radius 1 is 1.28 bits per heavy atom. The molecule has 1 N–H and O–H groups in total. The lowest BCUT2D eigenvalue weighted by molar-refractivity contribution is -0.385. The quantitative estimate of drug-likeness (QED) is 0.578. The lowest BCUT2D eigenvalue weighted by Gasteiger charge is -2.33.